The molecule has 0 amide bonds. The molecule has 0 aromatic carbocycles. The molecule has 0 saturated carbocycles. The van der Waals surface area contributed by atoms with Crippen LogP contribution in [-0.2, 0) is 35.4 Å². The molecule has 0 unspecified atom stereocenters. The molecule has 0 fully saturated rings. The van der Waals surface area contributed by atoms with Crippen LogP contribution in [0.25, 0.3) is 0 Å². The second kappa shape index (κ2) is 9.07. The summed E-state index contributed by atoms with van der Waals surface area (Å²) in [6.07, 6.45) is 2.88. The fourth-order valence-electron chi connectivity index (χ4n) is 2.25. The van der Waals surface area contributed by atoms with E-state index in [0.717, 1.165) is 38.1 Å². The van der Waals surface area contributed by atoms with Crippen LogP contribution in [0.1, 0.15) is 37.2 Å². The van der Waals surface area contributed by atoms with E-state index in [2.05, 4.69) is 23.6 Å². The molecule has 1 rings (SSSR count). The van der Waals surface area contributed by atoms with E-state index in [9.17, 15) is 0 Å². The maximum atomic E-state index is 5.83. The van der Waals surface area contributed by atoms with Gasteiger partial charge in [-0.25, -0.2) is 0 Å². The van der Waals surface area contributed by atoms with Crippen LogP contribution in [0.4, 0.5) is 0 Å². The Balaban J connectivity index is 2.50. The minimum Gasteiger partial charge on any atom is -0.382 e. The lowest BCUT2D eigenvalue weighted by atomic mass is 10.1. The topological polar surface area (TPSA) is 62.3 Å². The molecule has 5 heteroatoms. The van der Waals surface area contributed by atoms with Gasteiger partial charge in [-0.05, 0) is 19.3 Å². The highest BCUT2D eigenvalue weighted by molar-refractivity contribution is 5.26. The quantitative estimate of drug-likeness (QED) is 0.654. The minimum atomic E-state index is 0.580. The van der Waals surface area contributed by atoms with Gasteiger partial charge in [0.2, 0.25) is 0 Å². The van der Waals surface area contributed by atoms with Gasteiger partial charge in [-0.2, -0.15) is 5.10 Å². The Hall–Kier alpha value is -0.910. The van der Waals surface area contributed by atoms with Gasteiger partial charge in [-0.3, -0.25) is 4.68 Å². The first-order valence-electron chi connectivity index (χ1n) is 7.12. The van der Waals surface area contributed by atoms with Crippen molar-refractivity contribution in [2.45, 2.75) is 46.2 Å². The minimum absolute atomic E-state index is 0.580. The third-order valence-corrected chi connectivity index (χ3v) is 3.21. The smallest absolute Gasteiger partial charge is 0.0700 e. The number of aryl methyl sites for hydroxylation is 2. The molecule has 5 nitrogen and oxygen atoms in total. The summed E-state index contributed by atoms with van der Waals surface area (Å²) < 4.78 is 12.5. The fraction of sp³-hybridized carbons (Fsp3) is 0.786. The summed E-state index contributed by atoms with van der Waals surface area (Å²) in [4.78, 5) is 0. The lowest BCUT2D eigenvalue weighted by Gasteiger charge is -2.07. The summed E-state index contributed by atoms with van der Waals surface area (Å²) in [6, 6.07) is 0. The van der Waals surface area contributed by atoms with Crippen molar-refractivity contribution in [3.63, 3.8) is 0 Å². The molecule has 0 radical (unpaired) electrons. The van der Waals surface area contributed by atoms with Gasteiger partial charge in [0, 0.05) is 38.1 Å². The largest absolute Gasteiger partial charge is 0.382 e. The first-order valence-corrected chi connectivity index (χ1v) is 7.12. The lowest BCUT2D eigenvalue weighted by Crippen LogP contribution is -2.10. The van der Waals surface area contributed by atoms with Crippen LogP contribution < -0.4 is 5.73 Å². The molecule has 0 saturated heterocycles. The number of hydrogen-bond acceptors (Lipinski definition) is 4. The third kappa shape index (κ3) is 4.60. The van der Waals surface area contributed by atoms with Crippen molar-refractivity contribution >= 4 is 0 Å². The average molecular weight is 269 g/mol. The normalized spacial score (nSPS) is 11.2. The van der Waals surface area contributed by atoms with E-state index in [1.165, 1.54) is 11.3 Å². The predicted octanol–water partition coefficient (Wildman–Crippen LogP) is 1.52. The maximum absolute atomic E-state index is 5.83. The lowest BCUT2D eigenvalue weighted by molar-refractivity contribution is 0.0676. The first kappa shape index (κ1) is 16.1. The number of aromatic nitrogens is 2. The van der Waals surface area contributed by atoms with Crippen molar-refractivity contribution in [1.82, 2.24) is 9.78 Å². The van der Waals surface area contributed by atoms with E-state index in [1.807, 2.05) is 0 Å². The van der Waals surface area contributed by atoms with Crippen molar-refractivity contribution in [2.24, 2.45) is 5.73 Å². The molecule has 2 N–H and O–H groups in total. The number of ether oxygens (including phenoxy) is 2. The summed E-state index contributed by atoms with van der Waals surface area (Å²) in [6.45, 7) is 7.80. The van der Waals surface area contributed by atoms with Crippen molar-refractivity contribution < 1.29 is 9.47 Å². The van der Waals surface area contributed by atoms with Crippen molar-refractivity contribution in [3.05, 3.63) is 17.0 Å². The van der Waals surface area contributed by atoms with Gasteiger partial charge in [-0.15, -0.1) is 0 Å². The Labute approximate surface area is 116 Å². The monoisotopic (exact) mass is 269 g/mol. The maximum Gasteiger partial charge on any atom is 0.0700 e. The standard InChI is InChI=1S/C14H27N3O2/c1-4-13-12(11-15)14(5-2)17(16-13)7-6-8-19-10-9-18-3/h4-11,15H2,1-3H3. The van der Waals surface area contributed by atoms with Crippen molar-refractivity contribution in [1.29, 1.82) is 0 Å². The molecule has 0 atom stereocenters. The van der Waals surface area contributed by atoms with Gasteiger partial charge < -0.3 is 15.2 Å². The van der Waals surface area contributed by atoms with Gasteiger partial charge >= 0.3 is 0 Å². The van der Waals surface area contributed by atoms with Gasteiger partial charge in [0.25, 0.3) is 0 Å². The number of methoxy groups -OCH3 is 1. The number of nitrogens with two attached hydrogens (primary N) is 1. The molecule has 0 aliphatic carbocycles. The highest BCUT2D eigenvalue weighted by Crippen LogP contribution is 2.16. The van der Waals surface area contributed by atoms with Crippen LogP contribution in [0.2, 0.25) is 0 Å². The third-order valence-electron chi connectivity index (χ3n) is 3.21. The molecule has 0 aliphatic rings. The van der Waals surface area contributed by atoms with E-state index in [0.29, 0.717) is 19.8 Å². The highest BCUT2D eigenvalue weighted by atomic mass is 16.5. The first-order chi connectivity index (χ1) is 9.28. The summed E-state index contributed by atoms with van der Waals surface area (Å²) >= 11 is 0. The molecular formula is C14H27N3O2. The van der Waals surface area contributed by atoms with E-state index < -0.39 is 0 Å². The number of rotatable bonds is 10. The van der Waals surface area contributed by atoms with E-state index >= 15 is 0 Å². The highest BCUT2D eigenvalue weighted by Gasteiger charge is 2.13. The van der Waals surface area contributed by atoms with Crippen LogP contribution in [0, 0.1) is 0 Å². The zero-order valence-corrected chi connectivity index (χ0v) is 12.4. The Morgan fingerprint density at radius 3 is 2.53 bits per heavy atom. The fourth-order valence-corrected chi connectivity index (χ4v) is 2.25. The molecular weight excluding hydrogens is 242 g/mol. The van der Waals surface area contributed by atoms with Crippen LogP contribution in [-0.4, -0.2) is 36.7 Å². The molecule has 1 aromatic heterocycles. The molecule has 0 spiro atoms. The van der Waals surface area contributed by atoms with Gasteiger partial charge in [0.1, 0.15) is 0 Å². The van der Waals surface area contributed by atoms with Crippen LogP contribution in [0.15, 0.2) is 0 Å². The molecule has 110 valence electrons. The summed E-state index contributed by atoms with van der Waals surface area (Å²) in [5.41, 5.74) is 9.47. The van der Waals surface area contributed by atoms with E-state index in [4.69, 9.17) is 15.2 Å². The van der Waals surface area contributed by atoms with E-state index in [-0.39, 0.29) is 0 Å². The summed E-state index contributed by atoms with van der Waals surface area (Å²) in [7, 11) is 1.68. The van der Waals surface area contributed by atoms with Gasteiger partial charge in [0.05, 0.1) is 18.9 Å². The Kier molecular flexibility index (Phi) is 7.70. The van der Waals surface area contributed by atoms with Crippen LogP contribution in [0.3, 0.4) is 0 Å². The molecule has 1 heterocycles. The summed E-state index contributed by atoms with van der Waals surface area (Å²) in [5, 5.41) is 4.66. The average Bonchev–Trinajstić information content (AvgIpc) is 2.79. The zero-order valence-electron chi connectivity index (χ0n) is 12.4. The predicted molar refractivity (Wildman–Crippen MR) is 76.2 cm³/mol. The summed E-state index contributed by atoms with van der Waals surface area (Å²) in [5.74, 6) is 0. The van der Waals surface area contributed by atoms with Gasteiger partial charge in [0.15, 0.2) is 0 Å². The zero-order chi connectivity index (χ0) is 14.1. The van der Waals surface area contributed by atoms with E-state index in [1.54, 1.807) is 7.11 Å². The Morgan fingerprint density at radius 2 is 1.95 bits per heavy atom. The number of hydrogen-bond donors (Lipinski definition) is 1. The molecule has 0 aliphatic heterocycles. The second-order valence-corrected chi connectivity index (χ2v) is 4.47. The molecule has 1 aromatic rings. The van der Waals surface area contributed by atoms with Crippen LogP contribution in [0.5, 0.6) is 0 Å². The Bertz CT molecular complexity index is 364. The van der Waals surface area contributed by atoms with Gasteiger partial charge in [-0.1, -0.05) is 13.8 Å². The van der Waals surface area contributed by atoms with Crippen LogP contribution >= 0.6 is 0 Å². The SMILES string of the molecule is CCc1nn(CCCOCCOC)c(CC)c1CN. The number of nitrogens with zero attached hydrogens (tertiary/aromatic N) is 2. The molecule has 19 heavy (non-hydrogen) atoms. The van der Waals surface area contributed by atoms with Crippen molar-refractivity contribution in [3.8, 4) is 0 Å². The molecule has 0 bridgehead atoms. The second-order valence-electron chi connectivity index (χ2n) is 4.47. The van der Waals surface area contributed by atoms with Crippen molar-refractivity contribution in [2.75, 3.05) is 26.9 Å². The Morgan fingerprint density at radius 1 is 1.16 bits per heavy atom.